The summed E-state index contributed by atoms with van der Waals surface area (Å²) in [4.78, 5) is 11.7. The Labute approximate surface area is 113 Å². The van der Waals surface area contributed by atoms with E-state index in [1.165, 1.54) is 24.3 Å². The molecule has 0 aliphatic rings. The van der Waals surface area contributed by atoms with Crippen LogP contribution < -0.4 is 10.6 Å². The zero-order valence-corrected chi connectivity index (χ0v) is 11.2. The van der Waals surface area contributed by atoms with E-state index in [1.807, 2.05) is 0 Å². The van der Waals surface area contributed by atoms with Crippen LogP contribution in [0.3, 0.4) is 0 Å². The van der Waals surface area contributed by atoms with Gasteiger partial charge in [0.25, 0.3) is 9.70 Å². The molecule has 1 aromatic carbocycles. The van der Waals surface area contributed by atoms with Crippen LogP contribution >= 0.6 is 34.8 Å². The molecule has 0 bridgehead atoms. The zero-order chi connectivity index (χ0) is 13.1. The summed E-state index contributed by atoms with van der Waals surface area (Å²) >= 11 is 17.0. The number of alkyl halides is 3. The quantitative estimate of drug-likeness (QED) is 0.644. The summed E-state index contributed by atoms with van der Waals surface area (Å²) in [7, 11) is 1.66. The lowest BCUT2D eigenvalue weighted by atomic mass is 10.2. The molecule has 0 aliphatic carbocycles. The third kappa shape index (κ3) is 4.32. The van der Waals surface area contributed by atoms with Gasteiger partial charge in [0.15, 0.2) is 0 Å². The Bertz CT molecular complexity index is 392. The number of hydrogen-bond donors (Lipinski definition) is 2. The molecule has 0 saturated heterocycles. The Hall–Kier alpha value is -0.550. The van der Waals surface area contributed by atoms with Gasteiger partial charge >= 0.3 is 0 Å². The van der Waals surface area contributed by atoms with Gasteiger partial charge in [0.05, 0.1) is 7.05 Å². The lowest BCUT2D eigenvalue weighted by Gasteiger charge is -2.21. The van der Waals surface area contributed by atoms with Crippen LogP contribution in [0.5, 0.6) is 0 Å². The molecule has 0 aliphatic heterocycles. The molecule has 1 atom stereocenters. The number of hydrogen-bond acceptors (Lipinski definition) is 1. The van der Waals surface area contributed by atoms with Gasteiger partial charge in [-0.1, -0.05) is 34.8 Å². The van der Waals surface area contributed by atoms with Crippen molar-refractivity contribution in [2.75, 3.05) is 7.05 Å². The molecule has 0 fully saturated rings. The number of quaternary nitrogens is 1. The maximum absolute atomic E-state index is 12.7. The monoisotopic (exact) mass is 299 g/mol. The first-order chi connectivity index (χ1) is 7.84. The Balaban J connectivity index is 2.75. The fraction of sp³-hybridized carbons (Fsp3) is 0.300. The summed E-state index contributed by atoms with van der Waals surface area (Å²) in [5, 5.41) is 4.09. The Morgan fingerprint density at radius 1 is 1.35 bits per heavy atom. The van der Waals surface area contributed by atoms with Crippen molar-refractivity contribution in [1.82, 2.24) is 5.32 Å². The van der Waals surface area contributed by atoms with Gasteiger partial charge < -0.3 is 5.32 Å². The average molecular weight is 301 g/mol. The van der Waals surface area contributed by atoms with Gasteiger partial charge in [0.1, 0.15) is 5.82 Å². The van der Waals surface area contributed by atoms with E-state index in [2.05, 4.69) is 5.32 Å². The molecule has 1 aromatic rings. The van der Waals surface area contributed by atoms with E-state index in [-0.39, 0.29) is 0 Å². The average Bonchev–Trinajstić information content (AvgIpc) is 2.24. The van der Waals surface area contributed by atoms with Crippen LogP contribution in [0.1, 0.15) is 10.4 Å². The predicted octanol–water partition coefficient (Wildman–Crippen LogP) is 1.45. The second kappa shape index (κ2) is 5.87. The van der Waals surface area contributed by atoms with E-state index < -0.39 is 21.7 Å². The number of benzene rings is 1. The van der Waals surface area contributed by atoms with Gasteiger partial charge in [0, 0.05) is 5.56 Å². The number of nitrogens with two attached hydrogens (primary N) is 1. The molecule has 3 nitrogen and oxygen atoms in total. The summed E-state index contributed by atoms with van der Waals surface area (Å²) < 4.78 is 11.0. The standard InChI is InChI=1S/C10H10Cl3FN2O/c1-15-9(10(11,12)13)16-8(17)6-2-4-7(14)5-3-6/h2-5,9,15H,1H3,(H,16,17)/p+1. The first kappa shape index (κ1) is 14.5. The fourth-order valence-electron chi connectivity index (χ4n) is 1.18. The van der Waals surface area contributed by atoms with Crippen molar-refractivity contribution in [3.63, 3.8) is 0 Å². The number of rotatable bonds is 3. The fourth-order valence-corrected chi connectivity index (χ4v) is 1.72. The summed E-state index contributed by atoms with van der Waals surface area (Å²) in [6.45, 7) is 0. The van der Waals surface area contributed by atoms with Crippen LogP contribution in [0.4, 0.5) is 4.39 Å². The molecule has 0 spiro atoms. The molecule has 7 heteroatoms. The van der Waals surface area contributed by atoms with Crippen molar-refractivity contribution in [3.8, 4) is 0 Å². The summed E-state index contributed by atoms with van der Waals surface area (Å²) in [6.07, 6.45) is -0.718. The first-order valence-corrected chi connectivity index (χ1v) is 5.90. The van der Waals surface area contributed by atoms with Gasteiger partial charge in [-0.05, 0) is 24.3 Å². The highest BCUT2D eigenvalue weighted by Gasteiger charge is 2.36. The predicted molar refractivity (Wildman–Crippen MR) is 65.8 cm³/mol. The topological polar surface area (TPSA) is 45.7 Å². The summed E-state index contributed by atoms with van der Waals surface area (Å²) in [6, 6.07) is 5.09. The second-order valence-electron chi connectivity index (χ2n) is 3.33. The molecule has 0 aromatic heterocycles. The van der Waals surface area contributed by atoms with Crippen LogP contribution in [0, 0.1) is 5.82 Å². The Morgan fingerprint density at radius 2 is 1.88 bits per heavy atom. The molecule has 0 heterocycles. The van der Waals surface area contributed by atoms with Gasteiger partial charge in [0.2, 0.25) is 6.17 Å². The zero-order valence-electron chi connectivity index (χ0n) is 8.88. The molecular formula is C10H11Cl3FN2O+. The second-order valence-corrected chi connectivity index (χ2v) is 5.70. The molecule has 94 valence electrons. The number of carbonyl (C=O) groups is 1. The highest BCUT2D eigenvalue weighted by Crippen LogP contribution is 2.27. The largest absolute Gasteiger partial charge is 0.326 e. The Morgan fingerprint density at radius 3 is 2.29 bits per heavy atom. The molecule has 1 amide bonds. The van der Waals surface area contributed by atoms with E-state index in [1.54, 1.807) is 12.4 Å². The number of amides is 1. The molecule has 1 rings (SSSR count). The SMILES string of the molecule is C[NH2+]C(NC(=O)c1ccc(F)cc1)C(Cl)(Cl)Cl. The minimum Gasteiger partial charge on any atom is -0.326 e. The van der Waals surface area contributed by atoms with E-state index >= 15 is 0 Å². The van der Waals surface area contributed by atoms with E-state index in [4.69, 9.17) is 34.8 Å². The van der Waals surface area contributed by atoms with Crippen molar-refractivity contribution in [2.45, 2.75) is 9.96 Å². The van der Waals surface area contributed by atoms with Gasteiger partial charge in [-0.25, -0.2) is 4.39 Å². The normalized spacial score (nSPS) is 13.2. The van der Waals surface area contributed by atoms with E-state index in [0.29, 0.717) is 5.56 Å². The van der Waals surface area contributed by atoms with Crippen molar-refractivity contribution >= 4 is 40.7 Å². The molecule has 1 unspecified atom stereocenters. The van der Waals surface area contributed by atoms with E-state index in [0.717, 1.165) is 0 Å². The lowest BCUT2D eigenvalue weighted by Crippen LogP contribution is -2.93. The molecule has 17 heavy (non-hydrogen) atoms. The summed E-state index contributed by atoms with van der Waals surface area (Å²) in [5.41, 5.74) is 0.299. The van der Waals surface area contributed by atoms with Crippen LogP contribution in [0.15, 0.2) is 24.3 Å². The smallest absolute Gasteiger partial charge is 0.262 e. The van der Waals surface area contributed by atoms with Gasteiger partial charge in [-0.3, -0.25) is 10.1 Å². The lowest BCUT2D eigenvalue weighted by molar-refractivity contribution is -0.666. The van der Waals surface area contributed by atoms with Crippen molar-refractivity contribution in [1.29, 1.82) is 0 Å². The molecule has 0 saturated carbocycles. The minimum absolute atomic E-state index is 0.299. The third-order valence-corrected chi connectivity index (χ3v) is 2.78. The maximum Gasteiger partial charge on any atom is 0.262 e. The molecule has 0 radical (unpaired) electrons. The highest BCUT2D eigenvalue weighted by atomic mass is 35.6. The van der Waals surface area contributed by atoms with Crippen LogP contribution in [0.2, 0.25) is 0 Å². The van der Waals surface area contributed by atoms with Crippen LogP contribution in [-0.4, -0.2) is 22.9 Å². The first-order valence-electron chi connectivity index (χ1n) is 4.77. The number of halogens is 4. The van der Waals surface area contributed by atoms with Crippen LogP contribution in [-0.2, 0) is 0 Å². The van der Waals surface area contributed by atoms with Gasteiger partial charge in [-0.15, -0.1) is 0 Å². The van der Waals surface area contributed by atoms with Crippen molar-refractivity contribution in [2.24, 2.45) is 0 Å². The minimum atomic E-state index is -1.62. The molecule has 3 N–H and O–H groups in total. The van der Waals surface area contributed by atoms with Crippen molar-refractivity contribution < 1.29 is 14.5 Å². The molecular weight excluding hydrogens is 289 g/mol. The number of nitrogens with one attached hydrogen (secondary N) is 1. The maximum atomic E-state index is 12.7. The van der Waals surface area contributed by atoms with Gasteiger partial charge in [-0.2, -0.15) is 0 Å². The summed E-state index contributed by atoms with van der Waals surface area (Å²) in [5.74, 6) is -0.846. The third-order valence-electron chi connectivity index (χ3n) is 2.08. The Kier molecular flexibility index (Phi) is 5.01. The highest BCUT2D eigenvalue weighted by molar-refractivity contribution is 6.68. The van der Waals surface area contributed by atoms with Crippen LogP contribution in [0.25, 0.3) is 0 Å². The van der Waals surface area contributed by atoms with E-state index in [9.17, 15) is 9.18 Å². The van der Waals surface area contributed by atoms with Crippen molar-refractivity contribution in [3.05, 3.63) is 35.6 Å². The number of carbonyl (C=O) groups excluding carboxylic acids is 1.